The summed E-state index contributed by atoms with van der Waals surface area (Å²) in [4.78, 5) is 18.3. The Morgan fingerprint density at radius 1 is 1.71 bits per heavy atom. The first-order valence-electron chi connectivity index (χ1n) is 6.05. The fourth-order valence-corrected chi connectivity index (χ4v) is 2.75. The van der Waals surface area contributed by atoms with Crippen molar-refractivity contribution in [2.24, 2.45) is 5.92 Å². The fraction of sp³-hybridized carbons (Fsp3) is 0.667. The first kappa shape index (κ1) is 12.5. The Kier molecular flexibility index (Phi) is 4.50. The van der Waals surface area contributed by atoms with Crippen LogP contribution in [0.1, 0.15) is 25.5 Å². The summed E-state index contributed by atoms with van der Waals surface area (Å²) < 4.78 is 5.09. The number of piperidine rings is 1. The molecule has 0 saturated carbocycles. The number of carbonyl (C=O) groups excluding carboxylic acids is 1. The average Bonchev–Trinajstić information content (AvgIpc) is 2.82. The number of thiazole rings is 1. The quantitative estimate of drug-likeness (QED) is 0.770. The largest absolute Gasteiger partial charge is 0.466 e. The average molecular weight is 254 g/mol. The van der Waals surface area contributed by atoms with Gasteiger partial charge >= 0.3 is 5.97 Å². The Labute approximate surface area is 106 Å². The molecular formula is C12H18N2O2S. The summed E-state index contributed by atoms with van der Waals surface area (Å²) in [7, 11) is 0. The van der Waals surface area contributed by atoms with Gasteiger partial charge in [-0.2, -0.15) is 0 Å². The molecule has 4 nitrogen and oxygen atoms in total. The van der Waals surface area contributed by atoms with Crippen LogP contribution in [-0.2, 0) is 16.1 Å². The zero-order valence-electron chi connectivity index (χ0n) is 10.1. The third-order valence-electron chi connectivity index (χ3n) is 2.99. The van der Waals surface area contributed by atoms with E-state index in [0.717, 1.165) is 38.2 Å². The summed E-state index contributed by atoms with van der Waals surface area (Å²) in [6, 6.07) is 0. The fourth-order valence-electron chi connectivity index (χ4n) is 2.20. The summed E-state index contributed by atoms with van der Waals surface area (Å²) in [5, 5.41) is 2.06. The second-order valence-electron chi connectivity index (χ2n) is 4.31. The molecule has 0 bridgehead atoms. The minimum atomic E-state index is -0.0459. The number of nitrogens with zero attached hydrogens (tertiary/aromatic N) is 2. The molecule has 2 rings (SSSR count). The van der Waals surface area contributed by atoms with Crippen LogP contribution in [0.5, 0.6) is 0 Å². The van der Waals surface area contributed by atoms with Gasteiger partial charge in [0.15, 0.2) is 0 Å². The minimum absolute atomic E-state index is 0.0438. The van der Waals surface area contributed by atoms with Crippen LogP contribution < -0.4 is 0 Å². The molecule has 0 N–H and O–H groups in total. The number of likely N-dealkylation sites (tertiary alicyclic amines) is 1. The van der Waals surface area contributed by atoms with Crippen molar-refractivity contribution < 1.29 is 9.53 Å². The van der Waals surface area contributed by atoms with Crippen molar-refractivity contribution >= 4 is 17.3 Å². The second kappa shape index (κ2) is 6.12. The topological polar surface area (TPSA) is 42.4 Å². The van der Waals surface area contributed by atoms with Gasteiger partial charge in [-0.05, 0) is 26.3 Å². The van der Waals surface area contributed by atoms with Crippen molar-refractivity contribution in [1.29, 1.82) is 0 Å². The van der Waals surface area contributed by atoms with Crippen LogP contribution in [-0.4, -0.2) is 35.5 Å². The molecule has 1 fully saturated rings. The van der Waals surface area contributed by atoms with Gasteiger partial charge in [-0.1, -0.05) is 0 Å². The molecule has 0 unspecified atom stereocenters. The molecule has 2 heterocycles. The van der Waals surface area contributed by atoms with E-state index in [2.05, 4.69) is 15.3 Å². The molecule has 5 heteroatoms. The third-order valence-corrected chi connectivity index (χ3v) is 3.63. The van der Waals surface area contributed by atoms with Crippen molar-refractivity contribution in [3.8, 4) is 0 Å². The van der Waals surface area contributed by atoms with Crippen molar-refractivity contribution in [2.45, 2.75) is 26.3 Å². The molecule has 1 aromatic heterocycles. The summed E-state index contributed by atoms with van der Waals surface area (Å²) >= 11 is 1.61. The Hall–Kier alpha value is -0.940. The van der Waals surface area contributed by atoms with E-state index in [9.17, 15) is 4.79 Å². The molecule has 0 spiro atoms. The van der Waals surface area contributed by atoms with E-state index in [1.165, 1.54) is 0 Å². The van der Waals surface area contributed by atoms with Crippen molar-refractivity contribution in [3.05, 3.63) is 16.6 Å². The molecule has 1 saturated heterocycles. The number of hydrogen-bond donors (Lipinski definition) is 0. The summed E-state index contributed by atoms with van der Waals surface area (Å²) in [5.41, 5.74) is 2.95. The number of aromatic nitrogens is 1. The van der Waals surface area contributed by atoms with Crippen molar-refractivity contribution in [1.82, 2.24) is 9.88 Å². The lowest BCUT2D eigenvalue weighted by Crippen LogP contribution is -2.38. The number of carbonyl (C=O) groups is 1. The maximum atomic E-state index is 11.7. The third kappa shape index (κ3) is 3.51. The maximum absolute atomic E-state index is 11.7. The molecule has 1 aliphatic rings. The predicted octanol–water partition coefficient (Wildman–Crippen LogP) is 1.92. The van der Waals surface area contributed by atoms with Crippen LogP contribution in [0.2, 0.25) is 0 Å². The lowest BCUT2D eigenvalue weighted by Gasteiger charge is -2.30. The minimum Gasteiger partial charge on any atom is -0.466 e. The Morgan fingerprint density at radius 2 is 2.59 bits per heavy atom. The van der Waals surface area contributed by atoms with Gasteiger partial charge in [0, 0.05) is 18.5 Å². The monoisotopic (exact) mass is 254 g/mol. The van der Waals surface area contributed by atoms with E-state index in [4.69, 9.17) is 4.74 Å². The summed E-state index contributed by atoms with van der Waals surface area (Å²) in [6.45, 7) is 5.03. The van der Waals surface area contributed by atoms with Crippen LogP contribution in [0.4, 0.5) is 0 Å². The maximum Gasteiger partial charge on any atom is 0.310 e. The number of hydrogen-bond acceptors (Lipinski definition) is 5. The van der Waals surface area contributed by atoms with Gasteiger partial charge in [-0.3, -0.25) is 9.69 Å². The highest BCUT2D eigenvalue weighted by atomic mass is 32.1. The standard InChI is InChI=1S/C12H18N2O2S/c1-2-16-12(15)10-4-3-5-14(6-10)7-11-8-17-9-13-11/h8-10H,2-7H2,1H3/t10-/m1/s1. The van der Waals surface area contributed by atoms with Gasteiger partial charge in [0.2, 0.25) is 0 Å². The molecule has 0 aromatic carbocycles. The van der Waals surface area contributed by atoms with E-state index in [1.807, 2.05) is 12.4 Å². The van der Waals surface area contributed by atoms with Gasteiger partial charge < -0.3 is 4.74 Å². The van der Waals surface area contributed by atoms with Gasteiger partial charge in [0.05, 0.1) is 23.7 Å². The van der Waals surface area contributed by atoms with Crippen LogP contribution in [0.25, 0.3) is 0 Å². The van der Waals surface area contributed by atoms with Crippen LogP contribution in [0.3, 0.4) is 0 Å². The summed E-state index contributed by atoms with van der Waals surface area (Å²) in [5.74, 6) is -0.00202. The van der Waals surface area contributed by atoms with Crippen molar-refractivity contribution in [3.63, 3.8) is 0 Å². The highest BCUT2D eigenvalue weighted by Gasteiger charge is 2.26. The van der Waals surface area contributed by atoms with E-state index >= 15 is 0 Å². The lowest BCUT2D eigenvalue weighted by molar-refractivity contribution is -0.150. The summed E-state index contributed by atoms with van der Waals surface area (Å²) in [6.07, 6.45) is 2.01. The highest BCUT2D eigenvalue weighted by molar-refractivity contribution is 7.07. The zero-order chi connectivity index (χ0) is 12.1. The van der Waals surface area contributed by atoms with E-state index < -0.39 is 0 Å². The molecule has 0 radical (unpaired) electrons. The van der Waals surface area contributed by atoms with Crippen LogP contribution >= 0.6 is 11.3 Å². The SMILES string of the molecule is CCOC(=O)[C@@H]1CCCN(Cc2cscn2)C1. The van der Waals surface area contributed by atoms with Gasteiger partial charge in [0.1, 0.15) is 0 Å². The Balaban J connectivity index is 1.86. The first-order valence-corrected chi connectivity index (χ1v) is 7.00. The van der Waals surface area contributed by atoms with Crippen LogP contribution in [0, 0.1) is 5.92 Å². The van der Waals surface area contributed by atoms with E-state index in [-0.39, 0.29) is 11.9 Å². The van der Waals surface area contributed by atoms with Gasteiger partial charge in [-0.25, -0.2) is 4.98 Å². The number of ether oxygens (including phenoxy) is 1. The zero-order valence-corrected chi connectivity index (χ0v) is 10.9. The number of esters is 1. The normalized spacial score (nSPS) is 21.4. The van der Waals surface area contributed by atoms with Gasteiger partial charge in [-0.15, -0.1) is 11.3 Å². The smallest absolute Gasteiger partial charge is 0.310 e. The molecule has 1 aromatic rings. The highest BCUT2D eigenvalue weighted by Crippen LogP contribution is 2.19. The molecule has 0 amide bonds. The second-order valence-corrected chi connectivity index (χ2v) is 5.02. The van der Waals surface area contributed by atoms with E-state index in [0.29, 0.717) is 6.61 Å². The van der Waals surface area contributed by atoms with E-state index in [1.54, 1.807) is 11.3 Å². The van der Waals surface area contributed by atoms with Gasteiger partial charge in [0.25, 0.3) is 0 Å². The molecule has 0 aliphatic carbocycles. The Bertz CT molecular complexity index is 353. The Morgan fingerprint density at radius 3 is 3.29 bits per heavy atom. The molecule has 94 valence electrons. The van der Waals surface area contributed by atoms with Crippen molar-refractivity contribution in [2.75, 3.05) is 19.7 Å². The molecule has 1 atom stereocenters. The predicted molar refractivity (Wildman–Crippen MR) is 66.7 cm³/mol. The molecule has 1 aliphatic heterocycles. The molecular weight excluding hydrogens is 236 g/mol. The first-order chi connectivity index (χ1) is 8.29. The molecule has 17 heavy (non-hydrogen) atoms. The van der Waals surface area contributed by atoms with Crippen LogP contribution in [0.15, 0.2) is 10.9 Å². The number of rotatable bonds is 4. The lowest BCUT2D eigenvalue weighted by atomic mass is 9.98.